The van der Waals surface area contributed by atoms with Gasteiger partial charge in [-0.2, -0.15) is 13.2 Å². The first kappa shape index (κ1) is 20.4. The zero-order chi connectivity index (χ0) is 21.8. The van der Waals surface area contributed by atoms with E-state index in [0.29, 0.717) is 49.1 Å². The molecule has 3 heterocycles. The lowest BCUT2D eigenvalue weighted by molar-refractivity contribution is -0.137. The van der Waals surface area contributed by atoms with Crippen molar-refractivity contribution in [2.45, 2.75) is 38.5 Å². The smallest absolute Gasteiger partial charge is 0.416 e. The van der Waals surface area contributed by atoms with Crippen molar-refractivity contribution in [3.05, 3.63) is 29.5 Å². The number of halogens is 3. The van der Waals surface area contributed by atoms with E-state index < -0.39 is 23.1 Å². The van der Waals surface area contributed by atoms with Gasteiger partial charge in [0.15, 0.2) is 11.3 Å². The number of anilines is 1. The van der Waals surface area contributed by atoms with Crippen LogP contribution in [0.2, 0.25) is 0 Å². The number of hydrogen-bond acceptors (Lipinski definition) is 6. The van der Waals surface area contributed by atoms with E-state index >= 15 is 0 Å². The molecular formula is C20H22F3N5O2. The maximum absolute atomic E-state index is 13.0. The molecule has 7 nitrogen and oxygen atoms in total. The Morgan fingerprint density at radius 2 is 1.80 bits per heavy atom. The van der Waals surface area contributed by atoms with Crippen LogP contribution >= 0.6 is 0 Å². The molecule has 10 heteroatoms. The van der Waals surface area contributed by atoms with Crippen molar-refractivity contribution >= 4 is 17.1 Å². The molecule has 0 unspecified atom stereocenters. The number of imidazole rings is 1. The molecule has 1 aliphatic rings. The van der Waals surface area contributed by atoms with Gasteiger partial charge in [-0.25, -0.2) is 15.0 Å². The van der Waals surface area contributed by atoms with Crippen LogP contribution in [0.5, 0.6) is 5.75 Å². The lowest BCUT2D eigenvalue weighted by atomic mass is 9.94. The number of phenols is 1. The van der Waals surface area contributed by atoms with E-state index in [9.17, 15) is 23.4 Å². The van der Waals surface area contributed by atoms with Gasteiger partial charge < -0.3 is 19.7 Å². The highest BCUT2D eigenvalue weighted by molar-refractivity contribution is 5.79. The molecule has 0 bridgehead atoms. The summed E-state index contributed by atoms with van der Waals surface area (Å²) in [4.78, 5) is 15.5. The van der Waals surface area contributed by atoms with Crippen molar-refractivity contribution in [1.29, 1.82) is 0 Å². The van der Waals surface area contributed by atoms with Gasteiger partial charge in [0.05, 0.1) is 22.9 Å². The van der Waals surface area contributed by atoms with Gasteiger partial charge in [-0.3, -0.25) is 0 Å². The van der Waals surface area contributed by atoms with Crippen molar-refractivity contribution in [3.63, 3.8) is 0 Å². The fourth-order valence-corrected chi connectivity index (χ4v) is 3.77. The Balaban J connectivity index is 1.74. The standard InChI is InChI=1S/C20H22F3N5O2/c1-11-8-12(20(21,22)23)9-13(29)15(11)17-26-16-18(27(17)3)24-10-14(25-16)28-6-4-19(2,30)5-7-28/h8-10,29-30H,4-7H2,1-3H3. The number of aryl methyl sites for hydroxylation is 2. The first-order chi connectivity index (χ1) is 14.0. The highest BCUT2D eigenvalue weighted by Gasteiger charge is 2.33. The van der Waals surface area contributed by atoms with Gasteiger partial charge in [-0.15, -0.1) is 0 Å². The number of benzene rings is 1. The summed E-state index contributed by atoms with van der Waals surface area (Å²) in [6, 6.07) is 1.69. The Morgan fingerprint density at radius 1 is 1.13 bits per heavy atom. The molecule has 3 aromatic rings. The van der Waals surface area contributed by atoms with Crippen molar-refractivity contribution in [2.24, 2.45) is 7.05 Å². The van der Waals surface area contributed by atoms with Crippen LogP contribution in [0.15, 0.2) is 18.3 Å². The van der Waals surface area contributed by atoms with Crippen LogP contribution in [0.1, 0.15) is 30.9 Å². The lowest BCUT2D eigenvalue weighted by Gasteiger charge is -2.36. The van der Waals surface area contributed by atoms with Gasteiger partial charge >= 0.3 is 6.18 Å². The van der Waals surface area contributed by atoms with Crippen LogP contribution in [0.25, 0.3) is 22.7 Å². The summed E-state index contributed by atoms with van der Waals surface area (Å²) in [7, 11) is 1.67. The second-order valence-electron chi connectivity index (χ2n) is 8.04. The summed E-state index contributed by atoms with van der Waals surface area (Å²) < 4.78 is 40.7. The van der Waals surface area contributed by atoms with Crippen LogP contribution in [-0.4, -0.2) is 48.4 Å². The molecule has 0 spiro atoms. The van der Waals surface area contributed by atoms with E-state index in [4.69, 9.17) is 0 Å². The number of piperidine rings is 1. The number of hydrogen-bond donors (Lipinski definition) is 2. The predicted octanol–water partition coefficient (Wildman–Crippen LogP) is 3.41. The second-order valence-corrected chi connectivity index (χ2v) is 8.04. The molecule has 0 amide bonds. The predicted molar refractivity (Wildman–Crippen MR) is 105 cm³/mol. The maximum Gasteiger partial charge on any atom is 0.416 e. The van der Waals surface area contributed by atoms with Crippen LogP contribution in [0.3, 0.4) is 0 Å². The molecule has 30 heavy (non-hydrogen) atoms. The van der Waals surface area contributed by atoms with E-state index in [1.54, 1.807) is 17.8 Å². The molecule has 0 atom stereocenters. The van der Waals surface area contributed by atoms with E-state index in [1.165, 1.54) is 6.92 Å². The van der Waals surface area contributed by atoms with Crippen molar-refractivity contribution in [1.82, 2.24) is 19.5 Å². The first-order valence-corrected chi connectivity index (χ1v) is 9.54. The van der Waals surface area contributed by atoms with Gasteiger partial charge in [0.25, 0.3) is 0 Å². The van der Waals surface area contributed by atoms with E-state index in [0.717, 1.165) is 6.07 Å². The highest BCUT2D eigenvalue weighted by atomic mass is 19.4. The van der Waals surface area contributed by atoms with Crippen molar-refractivity contribution < 1.29 is 23.4 Å². The number of rotatable bonds is 2. The number of fused-ring (bicyclic) bond motifs is 1. The minimum atomic E-state index is -4.55. The molecule has 0 aliphatic carbocycles. The molecule has 2 aromatic heterocycles. The fraction of sp³-hybridized carbons (Fsp3) is 0.450. The Morgan fingerprint density at radius 3 is 2.40 bits per heavy atom. The number of aromatic hydroxyl groups is 1. The van der Waals surface area contributed by atoms with E-state index in [1.807, 2.05) is 11.8 Å². The monoisotopic (exact) mass is 421 g/mol. The number of aliphatic hydroxyl groups is 1. The molecule has 0 radical (unpaired) electrons. The summed E-state index contributed by atoms with van der Waals surface area (Å²) >= 11 is 0. The molecular weight excluding hydrogens is 399 g/mol. The van der Waals surface area contributed by atoms with Crippen LogP contribution in [0.4, 0.5) is 19.0 Å². The average molecular weight is 421 g/mol. The summed E-state index contributed by atoms with van der Waals surface area (Å²) in [6.45, 7) is 4.57. The molecule has 0 saturated carbocycles. The third-order valence-electron chi connectivity index (χ3n) is 5.60. The molecule has 4 rings (SSSR count). The van der Waals surface area contributed by atoms with Crippen LogP contribution in [-0.2, 0) is 13.2 Å². The van der Waals surface area contributed by atoms with E-state index in [-0.39, 0.29) is 17.0 Å². The topological polar surface area (TPSA) is 87.3 Å². The molecule has 1 aliphatic heterocycles. The van der Waals surface area contributed by atoms with Crippen LogP contribution < -0.4 is 4.90 Å². The Labute approximate surface area is 170 Å². The third-order valence-corrected chi connectivity index (χ3v) is 5.60. The fourth-order valence-electron chi connectivity index (χ4n) is 3.77. The largest absolute Gasteiger partial charge is 0.507 e. The number of aromatic nitrogens is 4. The molecule has 1 fully saturated rings. The minimum Gasteiger partial charge on any atom is -0.507 e. The first-order valence-electron chi connectivity index (χ1n) is 9.54. The summed E-state index contributed by atoms with van der Waals surface area (Å²) in [5, 5.41) is 20.4. The summed E-state index contributed by atoms with van der Waals surface area (Å²) in [5.74, 6) is 0.405. The SMILES string of the molecule is Cc1cc(C(F)(F)F)cc(O)c1-c1nc2nc(N3CCC(C)(O)CC3)cnc2n1C. The summed E-state index contributed by atoms with van der Waals surface area (Å²) in [6.07, 6.45) is -1.71. The molecule has 160 valence electrons. The van der Waals surface area contributed by atoms with Gasteiger partial charge in [0.1, 0.15) is 17.4 Å². The number of phenolic OH excluding ortho intramolecular Hbond substituents is 1. The second kappa shape index (κ2) is 6.83. The quantitative estimate of drug-likeness (QED) is 0.660. The lowest BCUT2D eigenvalue weighted by Crippen LogP contribution is -2.42. The third kappa shape index (κ3) is 3.55. The van der Waals surface area contributed by atoms with Crippen LogP contribution in [0, 0.1) is 6.92 Å². The van der Waals surface area contributed by atoms with E-state index in [2.05, 4.69) is 15.0 Å². The Kier molecular flexibility index (Phi) is 4.64. The normalized spacial score (nSPS) is 17.0. The number of alkyl halides is 3. The highest BCUT2D eigenvalue weighted by Crippen LogP contribution is 2.39. The van der Waals surface area contributed by atoms with Gasteiger partial charge in [-0.05, 0) is 44.4 Å². The van der Waals surface area contributed by atoms with Crippen molar-refractivity contribution in [3.8, 4) is 17.1 Å². The molecule has 1 saturated heterocycles. The summed E-state index contributed by atoms with van der Waals surface area (Å²) in [5.41, 5.74) is -0.360. The number of nitrogens with zero attached hydrogens (tertiary/aromatic N) is 5. The van der Waals surface area contributed by atoms with Gasteiger partial charge in [-0.1, -0.05) is 0 Å². The average Bonchev–Trinajstić information content (AvgIpc) is 2.96. The maximum atomic E-state index is 13.0. The minimum absolute atomic E-state index is 0.209. The zero-order valence-corrected chi connectivity index (χ0v) is 16.8. The Bertz CT molecular complexity index is 1090. The Hall–Kier alpha value is -2.88. The van der Waals surface area contributed by atoms with Gasteiger partial charge in [0.2, 0.25) is 0 Å². The van der Waals surface area contributed by atoms with Gasteiger partial charge in [0, 0.05) is 20.1 Å². The molecule has 2 N–H and O–H groups in total. The zero-order valence-electron chi connectivity index (χ0n) is 16.8. The van der Waals surface area contributed by atoms with Crippen molar-refractivity contribution in [2.75, 3.05) is 18.0 Å². The molecule has 1 aromatic carbocycles.